The topological polar surface area (TPSA) is 147 Å². The number of imidazole rings is 1. The van der Waals surface area contributed by atoms with Gasteiger partial charge in [-0.15, -0.1) is 0 Å². The molecule has 0 saturated heterocycles. The smallest absolute Gasteiger partial charge is 0.272 e. The fourth-order valence-corrected chi connectivity index (χ4v) is 5.89. The molecule has 1 aliphatic carbocycles. The molecule has 0 bridgehead atoms. The van der Waals surface area contributed by atoms with E-state index in [0.29, 0.717) is 40.0 Å². The van der Waals surface area contributed by atoms with E-state index >= 15 is 0 Å². The van der Waals surface area contributed by atoms with Crippen molar-refractivity contribution in [3.8, 4) is 22.9 Å². The van der Waals surface area contributed by atoms with Crippen LogP contribution in [0.2, 0.25) is 0 Å². The van der Waals surface area contributed by atoms with Crippen LogP contribution in [0.4, 0.5) is 5.82 Å². The number of hydrogen-bond donors (Lipinski definition) is 2. The van der Waals surface area contributed by atoms with Crippen molar-refractivity contribution in [1.29, 1.82) is 0 Å². The SMILES string of the molecule is Cn1nc(C(=O)N[C@H]2CCc3cc(-n4c(-c5cccnc5N)nc5ccc(-n6cccn6)nc54)ccc32)c2cccnc21. The van der Waals surface area contributed by atoms with Crippen molar-refractivity contribution >= 4 is 33.9 Å². The molecule has 0 spiro atoms. The summed E-state index contributed by atoms with van der Waals surface area (Å²) in [6.45, 7) is 0. The largest absolute Gasteiger partial charge is 0.383 e. The number of fused-ring (bicyclic) bond motifs is 3. The van der Waals surface area contributed by atoms with Crippen LogP contribution in [0.15, 0.2) is 85.5 Å². The molecule has 210 valence electrons. The van der Waals surface area contributed by atoms with Crippen LogP contribution < -0.4 is 11.1 Å². The molecule has 43 heavy (non-hydrogen) atoms. The summed E-state index contributed by atoms with van der Waals surface area (Å²) in [6, 6.07) is 19.2. The maximum Gasteiger partial charge on any atom is 0.272 e. The molecular formula is C31H25N11O. The van der Waals surface area contributed by atoms with Crippen LogP contribution in [0, 0.1) is 0 Å². The predicted molar refractivity (Wildman–Crippen MR) is 161 cm³/mol. The highest BCUT2D eigenvalue weighted by molar-refractivity contribution is 6.04. The lowest BCUT2D eigenvalue weighted by Crippen LogP contribution is -2.27. The van der Waals surface area contributed by atoms with Crippen LogP contribution in [0.1, 0.15) is 34.1 Å². The average molecular weight is 568 g/mol. The van der Waals surface area contributed by atoms with E-state index in [1.54, 1.807) is 35.0 Å². The van der Waals surface area contributed by atoms with E-state index in [4.69, 9.17) is 15.7 Å². The highest BCUT2D eigenvalue weighted by atomic mass is 16.2. The van der Waals surface area contributed by atoms with Gasteiger partial charge in [0.15, 0.2) is 28.6 Å². The van der Waals surface area contributed by atoms with Gasteiger partial charge in [0.2, 0.25) is 0 Å². The molecule has 0 unspecified atom stereocenters. The Labute approximate surface area is 244 Å². The fraction of sp³-hybridized carbons (Fsp3) is 0.129. The molecule has 3 N–H and O–H groups in total. The minimum atomic E-state index is -0.217. The van der Waals surface area contributed by atoms with Crippen molar-refractivity contribution in [3.05, 3.63) is 102 Å². The molecule has 6 aromatic heterocycles. The number of pyridine rings is 3. The number of aromatic nitrogens is 9. The minimum Gasteiger partial charge on any atom is -0.383 e. The Bertz CT molecular complexity index is 2180. The Morgan fingerprint density at radius 1 is 0.977 bits per heavy atom. The van der Waals surface area contributed by atoms with Crippen molar-refractivity contribution in [2.24, 2.45) is 7.05 Å². The summed E-state index contributed by atoms with van der Waals surface area (Å²) in [5, 5.41) is 12.7. The molecule has 0 radical (unpaired) electrons. The van der Waals surface area contributed by atoms with Gasteiger partial charge in [0.05, 0.1) is 17.0 Å². The lowest BCUT2D eigenvalue weighted by molar-refractivity contribution is 0.0932. The Kier molecular flexibility index (Phi) is 5.54. The zero-order valence-corrected chi connectivity index (χ0v) is 23.1. The number of hydrogen-bond acceptors (Lipinski definition) is 8. The average Bonchev–Trinajstić information content (AvgIpc) is 3.83. The number of carbonyl (C=O) groups excluding carboxylic acids is 1. The third kappa shape index (κ3) is 4.02. The number of nitrogens with two attached hydrogens (primary N) is 1. The van der Waals surface area contributed by atoms with Crippen molar-refractivity contribution in [2.75, 3.05) is 5.73 Å². The monoisotopic (exact) mass is 567 g/mol. The molecule has 0 fully saturated rings. The lowest BCUT2D eigenvalue weighted by Gasteiger charge is -2.15. The van der Waals surface area contributed by atoms with Gasteiger partial charge in [-0.2, -0.15) is 10.2 Å². The second-order valence-electron chi connectivity index (χ2n) is 10.5. The summed E-state index contributed by atoms with van der Waals surface area (Å²) in [4.78, 5) is 31.9. The molecule has 6 heterocycles. The van der Waals surface area contributed by atoms with Gasteiger partial charge in [-0.25, -0.2) is 29.3 Å². The second-order valence-corrected chi connectivity index (χ2v) is 10.5. The van der Waals surface area contributed by atoms with Gasteiger partial charge in [0.1, 0.15) is 11.3 Å². The first-order valence-corrected chi connectivity index (χ1v) is 13.9. The first-order chi connectivity index (χ1) is 21.0. The number of amides is 1. The highest BCUT2D eigenvalue weighted by Crippen LogP contribution is 2.36. The van der Waals surface area contributed by atoms with Gasteiger partial charge in [0.25, 0.3) is 5.91 Å². The first kappa shape index (κ1) is 24.9. The number of anilines is 1. The Morgan fingerprint density at radius 3 is 2.72 bits per heavy atom. The maximum absolute atomic E-state index is 13.3. The summed E-state index contributed by atoms with van der Waals surface area (Å²) in [6.07, 6.45) is 8.51. The van der Waals surface area contributed by atoms with Crippen LogP contribution in [0.5, 0.6) is 0 Å². The van der Waals surface area contributed by atoms with Gasteiger partial charge >= 0.3 is 0 Å². The van der Waals surface area contributed by atoms with E-state index in [2.05, 4.69) is 37.6 Å². The Balaban J connectivity index is 1.20. The standard InChI is InChI=1S/C31H25N11O/c1-40-28-21(5-2-14-34-28)26(39-40)31(43)37-23-10-7-18-17-19(8-9-20(18)23)42-29(22-6-3-13-33-27(22)32)36-24-11-12-25(38-30(24)42)41-16-4-15-35-41/h2-6,8-9,11-17,23H,7,10H2,1H3,(H2,32,33)(H,37,43)/t23-/m0/s1. The van der Waals surface area contributed by atoms with Crippen molar-refractivity contribution in [1.82, 2.24) is 49.4 Å². The van der Waals surface area contributed by atoms with Crippen LogP contribution in [-0.2, 0) is 13.5 Å². The van der Waals surface area contributed by atoms with E-state index < -0.39 is 0 Å². The second kappa shape index (κ2) is 9.58. The van der Waals surface area contributed by atoms with Crippen molar-refractivity contribution in [3.63, 3.8) is 0 Å². The number of nitrogens with zero attached hydrogens (tertiary/aromatic N) is 9. The Morgan fingerprint density at radius 2 is 1.86 bits per heavy atom. The molecule has 7 aromatic rings. The number of aryl methyl sites for hydroxylation is 2. The quantitative estimate of drug-likeness (QED) is 0.318. The molecular weight excluding hydrogens is 542 g/mol. The maximum atomic E-state index is 13.3. The zero-order chi connectivity index (χ0) is 29.1. The number of rotatable bonds is 5. The number of carbonyl (C=O) groups is 1. The molecule has 8 rings (SSSR count). The van der Waals surface area contributed by atoms with E-state index in [0.717, 1.165) is 40.6 Å². The summed E-state index contributed by atoms with van der Waals surface area (Å²) in [5.74, 6) is 1.48. The van der Waals surface area contributed by atoms with Gasteiger partial charge in [-0.05, 0) is 78.6 Å². The summed E-state index contributed by atoms with van der Waals surface area (Å²) in [5.41, 5.74) is 12.6. The highest BCUT2D eigenvalue weighted by Gasteiger charge is 2.28. The van der Waals surface area contributed by atoms with E-state index in [9.17, 15) is 4.79 Å². The van der Waals surface area contributed by atoms with Gasteiger partial charge in [0, 0.05) is 37.5 Å². The molecule has 0 saturated carbocycles. The van der Waals surface area contributed by atoms with Crippen LogP contribution in [-0.4, -0.2) is 50.0 Å². The Hall–Kier alpha value is -5.91. The molecule has 12 heteroatoms. The van der Waals surface area contributed by atoms with Crippen molar-refractivity contribution < 1.29 is 4.79 Å². The fourth-order valence-electron chi connectivity index (χ4n) is 5.89. The minimum absolute atomic E-state index is 0.136. The van der Waals surface area contributed by atoms with Gasteiger partial charge < -0.3 is 11.1 Å². The van der Waals surface area contributed by atoms with E-state index in [-0.39, 0.29) is 11.9 Å². The lowest BCUT2D eigenvalue weighted by atomic mass is 10.1. The molecule has 12 nitrogen and oxygen atoms in total. The number of benzene rings is 1. The zero-order valence-electron chi connectivity index (χ0n) is 23.1. The number of nitrogen functional groups attached to an aromatic ring is 1. The van der Waals surface area contributed by atoms with Crippen LogP contribution >= 0.6 is 0 Å². The molecule has 1 aromatic carbocycles. The van der Waals surface area contributed by atoms with Gasteiger partial charge in [-0.3, -0.25) is 9.36 Å². The molecule has 1 aliphatic rings. The molecule has 1 atom stereocenters. The summed E-state index contributed by atoms with van der Waals surface area (Å²) < 4.78 is 5.35. The molecule has 0 aliphatic heterocycles. The van der Waals surface area contributed by atoms with Crippen molar-refractivity contribution in [2.45, 2.75) is 18.9 Å². The molecule has 1 amide bonds. The normalized spacial score (nSPS) is 14.4. The van der Waals surface area contributed by atoms with Gasteiger partial charge in [-0.1, -0.05) is 6.07 Å². The third-order valence-electron chi connectivity index (χ3n) is 7.89. The number of nitrogens with one attached hydrogen (secondary N) is 1. The predicted octanol–water partition coefficient (Wildman–Crippen LogP) is 3.95. The van der Waals surface area contributed by atoms with Crippen LogP contribution in [0.3, 0.4) is 0 Å². The summed E-state index contributed by atoms with van der Waals surface area (Å²) in [7, 11) is 1.79. The van der Waals surface area contributed by atoms with E-state index in [1.165, 1.54) is 0 Å². The third-order valence-corrected chi connectivity index (χ3v) is 7.89. The van der Waals surface area contributed by atoms with Crippen LogP contribution in [0.25, 0.3) is 45.1 Å². The first-order valence-electron chi connectivity index (χ1n) is 13.9. The van der Waals surface area contributed by atoms with E-state index in [1.807, 2.05) is 59.3 Å². The summed E-state index contributed by atoms with van der Waals surface area (Å²) >= 11 is 0.